The number of hydrogen-bond acceptors (Lipinski definition) is 6. The van der Waals surface area contributed by atoms with Gasteiger partial charge in [-0.15, -0.1) is 12.4 Å². The largest absolute Gasteiger partial charge is 0.370 e. The van der Waals surface area contributed by atoms with E-state index >= 15 is 0 Å². The minimum atomic E-state index is -0.419. The van der Waals surface area contributed by atoms with Crippen molar-refractivity contribution < 1.29 is 9.59 Å². The summed E-state index contributed by atoms with van der Waals surface area (Å²) >= 11 is 0. The highest BCUT2D eigenvalue weighted by Crippen LogP contribution is 2.42. The third-order valence-electron chi connectivity index (χ3n) is 6.74. The molecule has 1 unspecified atom stereocenters. The Morgan fingerprint density at radius 1 is 1.12 bits per heavy atom. The number of fused-ring (bicyclic) bond motifs is 1. The molecule has 8 nitrogen and oxygen atoms in total. The van der Waals surface area contributed by atoms with Gasteiger partial charge in [0, 0.05) is 37.1 Å². The average molecular weight is 465 g/mol. The van der Waals surface area contributed by atoms with Crippen molar-refractivity contribution in [3.8, 4) is 0 Å². The normalized spacial score (nSPS) is 20.8. The van der Waals surface area contributed by atoms with Gasteiger partial charge in [0.25, 0.3) is 11.8 Å². The van der Waals surface area contributed by atoms with Crippen LogP contribution in [0.25, 0.3) is 5.57 Å². The maximum atomic E-state index is 13.1. The quantitative estimate of drug-likeness (QED) is 0.681. The van der Waals surface area contributed by atoms with Crippen molar-refractivity contribution in [1.82, 2.24) is 15.1 Å². The molecule has 1 atom stereocenters. The Kier molecular flexibility index (Phi) is 5.12. The number of nitrogens with zero attached hydrogens (tertiary/aromatic N) is 4. The fourth-order valence-electron chi connectivity index (χ4n) is 5.23. The molecule has 0 saturated heterocycles. The van der Waals surface area contributed by atoms with Crippen molar-refractivity contribution in [3.05, 3.63) is 59.1 Å². The third-order valence-corrected chi connectivity index (χ3v) is 6.74. The number of para-hydroxylation sites is 1. The van der Waals surface area contributed by atoms with Gasteiger partial charge < -0.3 is 10.2 Å². The number of aromatic nitrogens is 2. The summed E-state index contributed by atoms with van der Waals surface area (Å²) in [4.78, 5) is 33.0. The average Bonchev–Trinajstić information content (AvgIpc) is 3.40. The maximum Gasteiger partial charge on any atom is 0.261 e. The third kappa shape index (κ3) is 3.12. The molecule has 0 spiro atoms. The monoisotopic (exact) mass is 464 g/mol. The zero-order valence-corrected chi connectivity index (χ0v) is 19.3. The van der Waals surface area contributed by atoms with E-state index in [1.54, 1.807) is 12.4 Å². The fourth-order valence-corrected chi connectivity index (χ4v) is 5.23. The molecule has 4 aliphatic rings. The number of anilines is 2. The SMILES string of the molecule is CC(C)C1Cc2cccc3c2N1C=CN=C3C1=C(c2cnn3c2NCCC3)C(=O)NC1=O.Cl. The molecule has 0 fully saturated rings. The minimum Gasteiger partial charge on any atom is -0.370 e. The van der Waals surface area contributed by atoms with Crippen molar-refractivity contribution in [2.45, 2.75) is 39.3 Å². The number of amides is 2. The van der Waals surface area contributed by atoms with Crippen LogP contribution in [0.15, 0.2) is 47.4 Å². The van der Waals surface area contributed by atoms with Crippen LogP contribution in [0, 0.1) is 5.92 Å². The molecule has 6 rings (SSSR count). The van der Waals surface area contributed by atoms with Gasteiger partial charge in [-0.1, -0.05) is 32.0 Å². The summed E-state index contributed by atoms with van der Waals surface area (Å²) in [7, 11) is 0. The molecule has 9 heteroatoms. The number of aliphatic imine (C=N–C) groups is 1. The standard InChI is InChI=1S/C24H24N6O2.ClH/c1-13(2)17-11-14-5-3-6-15-20(25-8-10-29(17)21(14)15)19-18(23(31)28-24(19)32)16-12-27-30-9-4-7-26-22(16)30;/h3,5-6,8,10,12-13,17,26H,4,7,9,11H2,1-2H3,(H,28,31,32);1H. The number of rotatable bonds is 3. The first-order chi connectivity index (χ1) is 15.5. The molecule has 2 amide bonds. The highest BCUT2D eigenvalue weighted by Gasteiger charge is 2.40. The van der Waals surface area contributed by atoms with Crippen LogP contribution in [0.4, 0.5) is 11.5 Å². The molecule has 5 heterocycles. The molecule has 0 saturated carbocycles. The van der Waals surface area contributed by atoms with Crippen LogP contribution in [0.1, 0.15) is 37.0 Å². The summed E-state index contributed by atoms with van der Waals surface area (Å²) in [5, 5.41) is 10.3. The van der Waals surface area contributed by atoms with Crippen molar-refractivity contribution in [2.75, 3.05) is 16.8 Å². The zero-order valence-electron chi connectivity index (χ0n) is 18.5. The highest BCUT2D eigenvalue weighted by atomic mass is 35.5. The number of imide groups is 1. The van der Waals surface area contributed by atoms with E-state index in [0.29, 0.717) is 34.4 Å². The van der Waals surface area contributed by atoms with E-state index in [9.17, 15) is 9.59 Å². The summed E-state index contributed by atoms with van der Waals surface area (Å²) in [6.07, 6.45) is 7.31. The van der Waals surface area contributed by atoms with Gasteiger partial charge in [0.2, 0.25) is 0 Å². The molecule has 0 bridgehead atoms. The first kappa shape index (κ1) is 21.5. The van der Waals surface area contributed by atoms with E-state index in [1.807, 2.05) is 23.0 Å². The second-order valence-corrected chi connectivity index (χ2v) is 8.96. The summed E-state index contributed by atoms with van der Waals surface area (Å²) in [5.41, 5.74) is 5.00. The van der Waals surface area contributed by atoms with E-state index < -0.39 is 11.8 Å². The van der Waals surface area contributed by atoms with Crippen LogP contribution < -0.4 is 15.5 Å². The molecular weight excluding hydrogens is 440 g/mol. The number of hydrogen-bond donors (Lipinski definition) is 2. The fraction of sp³-hybridized carbons (Fsp3) is 0.333. The Balaban J connectivity index is 0.00000228. The predicted molar refractivity (Wildman–Crippen MR) is 130 cm³/mol. The number of halogens is 1. The Morgan fingerprint density at radius 3 is 2.76 bits per heavy atom. The van der Waals surface area contributed by atoms with Crippen LogP contribution in [0.5, 0.6) is 0 Å². The molecule has 0 aliphatic carbocycles. The maximum absolute atomic E-state index is 13.1. The van der Waals surface area contributed by atoms with Crippen LogP contribution in [0.2, 0.25) is 0 Å². The zero-order chi connectivity index (χ0) is 22.0. The van der Waals surface area contributed by atoms with E-state index in [0.717, 1.165) is 43.0 Å². The smallest absolute Gasteiger partial charge is 0.261 e. The van der Waals surface area contributed by atoms with Gasteiger partial charge >= 0.3 is 0 Å². The van der Waals surface area contributed by atoms with Gasteiger partial charge in [0.05, 0.1) is 34.3 Å². The lowest BCUT2D eigenvalue weighted by Gasteiger charge is -2.27. The van der Waals surface area contributed by atoms with E-state index in [1.165, 1.54) is 5.56 Å². The summed E-state index contributed by atoms with van der Waals surface area (Å²) in [5.74, 6) is 0.404. The lowest BCUT2D eigenvalue weighted by atomic mass is 9.93. The minimum absolute atomic E-state index is 0. The van der Waals surface area contributed by atoms with Crippen molar-refractivity contribution in [3.63, 3.8) is 0 Å². The Labute approximate surface area is 197 Å². The predicted octanol–water partition coefficient (Wildman–Crippen LogP) is 2.89. The first-order valence-corrected chi connectivity index (χ1v) is 11.1. The number of carbonyl (C=O) groups excluding carboxylic acids is 2. The Bertz CT molecular complexity index is 1270. The molecule has 4 aliphatic heterocycles. The van der Waals surface area contributed by atoms with Gasteiger partial charge in [0.1, 0.15) is 5.82 Å². The molecular formula is C24H25ClN6O2. The number of benzene rings is 1. The number of aryl methyl sites for hydroxylation is 1. The van der Waals surface area contributed by atoms with Gasteiger partial charge in [-0.2, -0.15) is 5.10 Å². The van der Waals surface area contributed by atoms with Crippen LogP contribution in [-0.2, 0) is 22.6 Å². The molecule has 2 aromatic rings. The van der Waals surface area contributed by atoms with Gasteiger partial charge in [-0.05, 0) is 24.3 Å². The van der Waals surface area contributed by atoms with Gasteiger partial charge in [0.15, 0.2) is 0 Å². The van der Waals surface area contributed by atoms with E-state index in [-0.39, 0.29) is 12.4 Å². The summed E-state index contributed by atoms with van der Waals surface area (Å²) in [6, 6.07) is 6.47. The van der Waals surface area contributed by atoms with E-state index in [2.05, 4.69) is 40.5 Å². The summed E-state index contributed by atoms with van der Waals surface area (Å²) in [6.45, 7) is 6.02. The molecule has 170 valence electrons. The Hall–Kier alpha value is -3.39. The van der Waals surface area contributed by atoms with Crippen LogP contribution in [0.3, 0.4) is 0 Å². The molecule has 0 radical (unpaired) electrons. The van der Waals surface area contributed by atoms with Gasteiger partial charge in [-0.25, -0.2) is 4.68 Å². The molecule has 33 heavy (non-hydrogen) atoms. The number of nitrogens with one attached hydrogen (secondary N) is 2. The van der Waals surface area contributed by atoms with E-state index in [4.69, 9.17) is 4.99 Å². The highest BCUT2D eigenvalue weighted by molar-refractivity contribution is 6.48. The second-order valence-electron chi connectivity index (χ2n) is 8.96. The first-order valence-electron chi connectivity index (χ1n) is 11.1. The van der Waals surface area contributed by atoms with Crippen molar-refractivity contribution in [2.24, 2.45) is 10.9 Å². The lowest BCUT2D eigenvalue weighted by Crippen LogP contribution is -2.32. The number of carbonyl (C=O) groups is 2. The lowest BCUT2D eigenvalue weighted by molar-refractivity contribution is -0.123. The second kappa shape index (κ2) is 7.88. The van der Waals surface area contributed by atoms with Crippen LogP contribution >= 0.6 is 12.4 Å². The van der Waals surface area contributed by atoms with Crippen LogP contribution in [-0.4, -0.2) is 39.9 Å². The Morgan fingerprint density at radius 2 is 1.94 bits per heavy atom. The molecule has 1 aromatic heterocycles. The molecule has 1 aromatic carbocycles. The van der Waals surface area contributed by atoms with Crippen molar-refractivity contribution in [1.29, 1.82) is 0 Å². The topological polar surface area (TPSA) is 91.6 Å². The molecule has 2 N–H and O–H groups in total. The summed E-state index contributed by atoms with van der Waals surface area (Å²) < 4.78 is 1.85. The van der Waals surface area contributed by atoms with Gasteiger partial charge in [-0.3, -0.25) is 19.9 Å². The van der Waals surface area contributed by atoms with Crippen molar-refractivity contribution >= 4 is 47.0 Å².